The molecule has 0 bridgehead atoms. The van der Waals surface area contributed by atoms with Crippen LogP contribution in [0.4, 0.5) is 0 Å². The summed E-state index contributed by atoms with van der Waals surface area (Å²) in [6, 6.07) is 2.65. The Morgan fingerprint density at radius 3 is 2.35 bits per heavy atom. The molecule has 0 aromatic heterocycles. The van der Waals surface area contributed by atoms with E-state index in [4.69, 9.17) is 16.7 Å². The quantitative estimate of drug-likeness (QED) is 0.766. The minimum atomic E-state index is -3.74. The maximum atomic E-state index is 12.5. The number of hydrogen-bond donors (Lipinski definition) is 2. The van der Waals surface area contributed by atoms with Gasteiger partial charge in [0.1, 0.15) is 6.04 Å². The lowest BCUT2D eigenvalue weighted by Crippen LogP contribution is -2.38. The van der Waals surface area contributed by atoms with Gasteiger partial charge in [-0.1, -0.05) is 25.4 Å². The highest BCUT2D eigenvalue weighted by Crippen LogP contribution is 2.23. The van der Waals surface area contributed by atoms with Crippen molar-refractivity contribution in [2.45, 2.75) is 31.7 Å². The van der Waals surface area contributed by atoms with E-state index in [1.54, 1.807) is 13.8 Å². The van der Waals surface area contributed by atoms with Crippen LogP contribution in [0, 0.1) is 0 Å². The van der Waals surface area contributed by atoms with Crippen molar-refractivity contribution in [2.75, 3.05) is 13.1 Å². The number of rotatable bonds is 7. The fraction of sp³-hybridized carbons (Fsp3) is 0.429. The summed E-state index contributed by atoms with van der Waals surface area (Å²) < 4.78 is 26.2. The minimum Gasteiger partial charge on any atom is -0.480 e. The summed E-state index contributed by atoms with van der Waals surface area (Å²) in [5.74, 6) is -1.96. The largest absolute Gasteiger partial charge is 0.480 e. The van der Waals surface area contributed by atoms with Crippen LogP contribution >= 0.6 is 11.6 Å². The Hall–Kier alpha value is -1.64. The average Bonchev–Trinajstić information content (AvgIpc) is 2.48. The zero-order chi connectivity index (χ0) is 17.8. The molecule has 0 fully saturated rings. The first-order valence-corrected chi connectivity index (χ1v) is 8.80. The number of carbonyl (C=O) groups excluding carboxylic acids is 1. The fourth-order valence-corrected chi connectivity index (χ4v) is 3.58. The lowest BCUT2D eigenvalue weighted by atomic mass is 10.2. The summed E-state index contributed by atoms with van der Waals surface area (Å²) in [5, 5.41) is 11.1. The van der Waals surface area contributed by atoms with Gasteiger partial charge in [0, 0.05) is 13.1 Å². The summed E-state index contributed by atoms with van der Waals surface area (Å²) >= 11 is 5.93. The highest BCUT2D eigenvalue weighted by molar-refractivity contribution is 7.89. The normalized spacial score (nSPS) is 12.9. The Morgan fingerprint density at radius 2 is 1.87 bits per heavy atom. The van der Waals surface area contributed by atoms with E-state index >= 15 is 0 Å². The monoisotopic (exact) mass is 362 g/mol. The van der Waals surface area contributed by atoms with Gasteiger partial charge in [-0.15, -0.1) is 0 Å². The molecule has 0 saturated carbocycles. The third-order valence-electron chi connectivity index (χ3n) is 3.24. The van der Waals surface area contributed by atoms with Crippen LogP contribution in [0.3, 0.4) is 0 Å². The Morgan fingerprint density at radius 1 is 1.30 bits per heavy atom. The van der Waals surface area contributed by atoms with Crippen LogP contribution in [-0.2, 0) is 14.8 Å². The molecule has 0 aliphatic heterocycles. The summed E-state index contributed by atoms with van der Waals surface area (Å²) in [4.78, 5) is 22.8. The van der Waals surface area contributed by atoms with Gasteiger partial charge in [-0.2, -0.15) is 4.31 Å². The first kappa shape index (κ1) is 19.4. The predicted octanol–water partition coefficient (Wildman–Crippen LogP) is 1.57. The van der Waals surface area contributed by atoms with Crippen molar-refractivity contribution in [3.8, 4) is 0 Å². The van der Waals surface area contributed by atoms with Crippen LogP contribution in [0.2, 0.25) is 5.02 Å². The SMILES string of the molecule is CCN(CC)S(=O)(=O)c1ccc(Cl)c(C(=O)N[C@@H](C)C(=O)O)c1. The van der Waals surface area contributed by atoms with Crippen molar-refractivity contribution in [1.29, 1.82) is 0 Å². The molecule has 2 N–H and O–H groups in total. The van der Waals surface area contributed by atoms with Crippen LogP contribution in [0.15, 0.2) is 23.1 Å². The number of nitrogens with zero attached hydrogens (tertiary/aromatic N) is 1. The van der Waals surface area contributed by atoms with Crippen LogP contribution in [0.25, 0.3) is 0 Å². The smallest absolute Gasteiger partial charge is 0.325 e. The molecule has 1 rings (SSSR count). The van der Waals surface area contributed by atoms with Gasteiger partial charge < -0.3 is 10.4 Å². The fourth-order valence-electron chi connectivity index (χ4n) is 1.89. The van der Waals surface area contributed by atoms with Crippen LogP contribution in [0.5, 0.6) is 0 Å². The van der Waals surface area contributed by atoms with Crippen LogP contribution < -0.4 is 5.32 Å². The van der Waals surface area contributed by atoms with E-state index in [1.807, 2.05) is 0 Å². The molecule has 1 atom stereocenters. The molecule has 23 heavy (non-hydrogen) atoms. The average molecular weight is 363 g/mol. The van der Waals surface area contributed by atoms with E-state index in [-0.39, 0.29) is 15.5 Å². The van der Waals surface area contributed by atoms with Crippen molar-refractivity contribution in [2.24, 2.45) is 0 Å². The van der Waals surface area contributed by atoms with Crippen molar-refractivity contribution >= 4 is 33.5 Å². The molecule has 0 aliphatic carbocycles. The third kappa shape index (κ3) is 4.43. The molecule has 1 aromatic rings. The lowest BCUT2D eigenvalue weighted by molar-refractivity contribution is -0.138. The van der Waals surface area contributed by atoms with Gasteiger partial charge in [0.05, 0.1) is 15.5 Å². The molecular weight excluding hydrogens is 344 g/mol. The second-order valence-corrected chi connectivity index (χ2v) is 7.11. The first-order valence-electron chi connectivity index (χ1n) is 6.98. The van der Waals surface area contributed by atoms with Gasteiger partial charge >= 0.3 is 5.97 Å². The van der Waals surface area contributed by atoms with Crippen molar-refractivity contribution < 1.29 is 23.1 Å². The molecule has 7 nitrogen and oxygen atoms in total. The number of hydrogen-bond acceptors (Lipinski definition) is 4. The molecule has 0 heterocycles. The van der Waals surface area contributed by atoms with Gasteiger partial charge in [0.2, 0.25) is 10.0 Å². The molecule has 0 radical (unpaired) electrons. The number of nitrogens with one attached hydrogen (secondary N) is 1. The Bertz CT molecular complexity index is 701. The molecule has 0 aliphatic rings. The van der Waals surface area contributed by atoms with Gasteiger partial charge in [0.15, 0.2) is 0 Å². The Kier molecular flexibility index (Phi) is 6.55. The predicted molar refractivity (Wildman–Crippen MR) is 86.1 cm³/mol. The van der Waals surface area contributed by atoms with Gasteiger partial charge in [-0.3, -0.25) is 9.59 Å². The van der Waals surface area contributed by atoms with E-state index in [9.17, 15) is 18.0 Å². The number of halogens is 1. The maximum absolute atomic E-state index is 12.5. The molecule has 0 unspecified atom stereocenters. The van der Waals surface area contributed by atoms with Crippen molar-refractivity contribution in [1.82, 2.24) is 9.62 Å². The van der Waals surface area contributed by atoms with Gasteiger partial charge in [-0.25, -0.2) is 8.42 Å². The van der Waals surface area contributed by atoms with Crippen molar-refractivity contribution in [3.63, 3.8) is 0 Å². The number of sulfonamides is 1. The number of carbonyl (C=O) groups is 2. The molecule has 9 heteroatoms. The second-order valence-electron chi connectivity index (χ2n) is 4.76. The molecular formula is C14H19ClN2O5S. The number of benzene rings is 1. The Balaban J connectivity index is 3.23. The standard InChI is InChI=1S/C14H19ClN2O5S/c1-4-17(5-2)23(21,22)10-6-7-12(15)11(8-10)13(18)16-9(3)14(19)20/h6-9H,4-5H2,1-3H3,(H,16,18)(H,19,20)/t9-/m0/s1. The summed E-state index contributed by atoms with van der Waals surface area (Å²) in [5.41, 5.74) is -0.0898. The van der Waals surface area contributed by atoms with E-state index in [2.05, 4.69) is 5.32 Å². The van der Waals surface area contributed by atoms with Crippen molar-refractivity contribution in [3.05, 3.63) is 28.8 Å². The van der Waals surface area contributed by atoms with Crippen LogP contribution in [0.1, 0.15) is 31.1 Å². The molecule has 1 aromatic carbocycles. The molecule has 0 spiro atoms. The molecule has 128 valence electrons. The van der Waals surface area contributed by atoms with Crippen LogP contribution in [-0.4, -0.2) is 48.8 Å². The van der Waals surface area contributed by atoms with Gasteiger partial charge in [0.25, 0.3) is 5.91 Å². The number of amides is 1. The van der Waals surface area contributed by atoms with E-state index in [0.717, 1.165) is 6.07 Å². The van der Waals surface area contributed by atoms with Gasteiger partial charge in [-0.05, 0) is 25.1 Å². The number of aliphatic carboxylic acids is 1. The minimum absolute atomic E-state index is 0.0404. The lowest BCUT2D eigenvalue weighted by Gasteiger charge is -2.19. The topological polar surface area (TPSA) is 104 Å². The molecule has 1 amide bonds. The highest BCUT2D eigenvalue weighted by Gasteiger charge is 2.24. The second kappa shape index (κ2) is 7.76. The van der Waals surface area contributed by atoms with E-state index < -0.39 is 27.9 Å². The first-order chi connectivity index (χ1) is 10.6. The Labute approximate surface area is 140 Å². The molecule has 0 saturated heterocycles. The summed E-state index contributed by atoms with van der Waals surface area (Å²) in [7, 11) is -3.74. The van der Waals surface area contributed by atoms with E-state index in [0.29, 0.717) is 13.1 Å². The number of carboxylic acids is 1. The zero-order valence-electron chi connectivity index (χ0n) is 13.0. The number of carboxylic acid groups (broad SMARTS) is 1. The summed E-state index contributed by atoms with van der Waals surface area (Å²) in [6.07, 6.45) is 0. The summed E-state index contributed by atoms with van der Waals surface area (Å²) in [6.45, 7) is 5.29. The van der Waals surface area contributed by atoms with E-state index in [1.165, 1.54) is 23.4 Å². The highest BCUT2D eigenvalue weighted by atomic mass is 35.5. The third-order valence-corrected chi connectivity index (χ3v) is 5.62. The zero-order valence-corrected chi connectivity index (χ0v) is 14.6. The maximum Gasteiger partial charge on any atom is 0.325 e.